The van der Waals surface area contributed by atoms with Crippen molar-refractivity contribution in [2.24, 2.45) is 0 Å². The first-order chi connectivity index (χ1) is 23.9. The summed E-state index contributed by atoms with van der Waals surface area (Å²) in [6, 6.07) is 57.9. The van der Waals surface area contributed by atoms with Crippen LogP contribution in [0.25, 0.3) is 49.7 Å². The second kappa shape index (κ2) is 11.1. The van der Waals surface area contributed by atoms with Crippen LogP contribution in [-0.2, 0) is 5.41 Å². The Morgan fingerprint density at radius 2 is 1.04 bits per heavy atom. The highest BCUT2D eigenvalue weighted by Crippen LogP contribution is 2.51. The minimum absolute atomic E-state index is 0.0992. The summed E-state index contributed by atoms with van der Waals surface area (Å²) in [7, 11) is 0. The molecule has 1 aliphatic carbocycles. The van der Waals surface area contributed by atoms with E-state index in [0.29, 0.717) is 0 Å². The molecule has 0 spiro atoms. The number of aryl methyl sites for hydroxylation is 1. The van der Waals surface area contributed by atoms with Crippen LogP contribution in [0.5, 0.6) is 0 Å². The molecule has 0 N–H and O–H groups in total. The zero-order valence-electron chi connectivity index (χ0n) is 28.4. The van der Waals surface area contributed by atoms with E-state index in [4.69, 9.17) is 0 Å². The van der Waals surface area contributed by atoms with E-state index in [1.165, 1.54) is 72.0 Å². The molecule has 0 radical (unpaired) electrons. The second-order valence-corrected chi connectivity index (χ2v) is 13.9. The zero-order valence-corrected chi connectivity index (χ0v) is 28.4. The number of rotatable bonds is 5. The molecule has 0 unspecified atom stereocenters. The van der Waals surface area contributed by atoms with Gasteiger partial charge >= 0.3 is 0 Å². The van der Waals surface area contributed by atoms with Gasteiger partial charge in [0.15, 0.2) is 0 Å². The summed E-state index contributed by atoms with van der Waals surface area (Å²) in [6.07, 6.45) is 0. The van der Waals surface area contributed by atoms with Crippen LogP contribution < -0.4 is 4.90 Å². The molecule has 0 bridgehead atoms. The van der Waals surface area contributed by atoms with Crippen LogP contribution in [0.2, 0.25) is 0 Å². The maximum atomic E-state index is 2.47. The molecular formula is C47H38N2. The Bertz CT molecular complexity index is 2500. The fourth-order valence-corrected chi connectivity index (χ4v) is 8.24. The monoisotopic (exact) mass is 630 g/mol. The van der Waals surface area contributed by atoms with Crippen LogP contribution in [0.3, 0.4) is 0 Å². The predicted molar refractivity (Wildman–Crippen MR) is 208 cm³/mol. The summed E-state index contributed by atoms with van der Waals surface area (Å²) in [4.78, 5) is 2.44. The zero-order chi connectivity index (χ0) is 33.3. The number of nitrogens with zero attached hydrogens (tertiary/aromatic N) is 2. The van der Waals surface area contributed by atoms with Crippen molar-refractivity contribution in [1.29, 1.82) is 0 Å². The quantitative estimate of drug-likeness (QED) is 0.184. The van der Waals surface area contributed by atoms with Crippen molar-refractivity contribution < 1.29 is 0 Å². The van der Waals surface area contributed by atoms with Gasteiger partial charge in [0.2, 0.25) is 0 Å². The molecule has 0 amide bonds. The van der Waals surface area contributed by atoms with Gasteiger partial charge in [-0.05, 0) is 107 Å². The lowest BCUT2D eigenvalue weighted by Crippen LogP contribution is -2.17. The molecule has 0 aliphatic heterocycles. The van der Waals surface area contributed by atoms with Gasteiger partial charge in [-0.25, -0.2) is 0 Å². The summed E-state index contributed by atoms with van der Waals surface area (Å²) in [5, 5.41) is 2.53. The number of benzene rings is 7. The smallest absolute Gasteiger partial charge is 0.0541 e. The number of hydrogen-bond acceptors (Lipinski definition) is 1. The van der Waals surface area contributed by atoms with Crippen LogP contribution in [0, 0.1) is 13.8 Å². The van der Waals surface area contributed by atoms with E-state index in [0.717, 1.165) is 17.1 Å². The average Bonchev–Trinajstić information content (AvgIpc) is 3.58. The van der Waals surface area contributed by atoms with Crippen molar-refractivity contribution in [1.82, 2.24) is 4.57 Å². The van der Waals surface area contributed by atoms with Gasteiger partial charge in [-0.1, -0.05) is 123 Å². The lowest BCUT2D eigenvalue weighted by atomic mass is 9.82. The summed E-state index contributed by atoms with van der Waals surface area (Å²) in [6.45, 7) is 9.22. The molecule has 49 heavy (non-hydrogen) atoms. The lowest BCUT2D eigenvalue weighted by Gasteiger charge is -2.30. The minimum Gasteiger partial charge on any atom is -0.310 e. The number of aromatic nitrogens is 1. The number of hydrogen-bond donors (Lipinski definition) is 0. The molecule has 0 atom stereocenters. The van der Waals surface area contributed by atoms with Crippen LogP contribution in [-0.4, -0.2) is 4.57 Å². The van der Waals surface area contributed by atoms with Gasteiger partial charge < -0.3 is 9.47 Å². The van der Waals surface area contributed by atoms with E-state index in [-0.39, 0.29) is 5.41 Å². The highest BCUT2D eigenvalue weighted by atomic mass is 15.1. The highest BCUT2D eigenvalue weighted by molar-refractivity contribution is 6.09. The van der Waals surface area contributed by atoms with Gasteiger partial charge in [-0.2, -0.15) is 0 Å². The molecule has 2 heteroatoms. The number of fused-ring (bicyclic) bond motifs is 6. The molecule has 7 aromatic carbocycles. The van der Waals surface area contributed by atoms with Gasteiger partial charge in [0, 0.05) is 33.2 Å². The van der Waals surface area contributed by atoms with Crippen molar-refractivity contribution in [2.75, 3.05) is 4.90 Å². The van der Waals surface area contributed by atoms with E-state index >= 15 is 0 Å². The van der Waals surface area contributed by atoms with Crippen molar-refractivity contribution in [2.45, 2.75) is 33.1 Å². The molecule has 9 rings (SSSR count). The Morgan fingerprint density at radius 1 is 0.449 bits per heavy atom. The Balaban J connectivity index is 1.35. The third-order valence-electron chi connectivity index (χ3n) is 10.7. The Labute approximate surface area is 288 Å². The average molecular weight is 631 g/mol. The first-order valence-corrected chi connectivity index (χ1v) is 17.2. The van der Waals surface area contributed by atoms with Gasteiger partial charge in [-0.15, -0.1) is 0 Å². The highest BCUT2D eigenvalue weighted by Gasteiger charge is 2.35. The van der Waals surface area contributed by atoms with E-state index in [1.54, 1.807) is 0 Å². The van der Waals surface area contributed by atoms with Gasteiger partial charge in [0.1, 0.15) is 0 Å². The number of para-hydroxylation sites is 3. The number of anilines is 3. The van der Waals surface area contributed by atoms with Crippen LogP contribution in [0.1, 0.15) is 36.1 Å². The largest absolute Gasteiger partial charge is 0.310 e. The maximum absolute atomic E-state index is 2.47. The molecule has 1 aromatic heterocycles. The van der Waals surface area contributed by atoms with E-state index in [9.17, 15) is 0 Å². The normalized spacial score (nSPS) is 13.1. The summed E-state index contributed by atoms with van der Waals surface area (Å²) >= 11 is 0. The topological polar surface area (TPSA) is 8.17 Å². The fourth-order valence-electron chi connectivity index (χ4n) is 8.24. The Kier molecular flexibility index (Phi) is 6.64. The van der Waals surface area contributed by atoms with E-state index in [2.05, 4.69) is 195 Å². The van der Waals surface area contributed by atoms with Crippen molar-refractivity contribution in [3.63, 3.8) is 0 Å². The molecule has 0 saturated heterocycles. The molecule has 2 nitrogen and oxygen atoms in total. The van der Waals surface area contributed by atoms with Gasteiger partial charge in [-0.3, -0.25) is 0 Å². The van der Waals surface area contributed by atoms with Crippen molar-refractivity contribution >= 4 is 38.9 Å². The van der Waals surface area contributed by atoms with Crippen LogP contribution in [0.4, 0.5) is 17.1 Å². The summed E-state index contributed by atoms with van der Waals surface area (Å²) < 4.78 is 2.47. The van der Waals surface area contributed by atoms with Gasteiger partial charge in [0.05, 0.1) is 16.7 Å². The molecule has 0 saturated carbocycles. The predicted octanol–water partition coefficient (Wildman–Crippen LogP) is 12.8. The first kappa shape index (κ1) is 29.3. The molecule has 1 aliphatic rings. The SMILES string of the molecule is Cc1ccccc1-c1cc(N(c2ccccc2)c2ccc3c(c2)C(C)(C)c2ccccc2-3)cc(-n2c3ccccc3c3ccccc32)c1C. The fraction of sp³-hybridized carbons (Fsp3) is 0.106. The van der Waals surface area contributed by atoms with Crippen molar-refractivity contribution in [3.05, 3.63) is 180 Å². The Morgan fingerprint density at radius 3 is 1.76 bits per heavy atom. The van der Waals surface area contributed by atoms with Crippen LogP contribution >= 0.6 is 0 Å². The van der Waals surface area contributed by atoms with Gasteiger partial charge in [0.25, 0.3) is 0 Å². The molecule has 1 heterocycles. The summed E-state index contributed by atoms with van der Waals surface area (Å²) in [5.41, 5.74) is 17.3. The molecule has 0 fully saturated rings. The molecule has 236 valence electrons. The maximum Gasteiger partial charge on any atom is 0.0541 e. The summed E-state index contributed by atoms with van der Waals surface area (Å²) in [5.74, 6) is 0. The third kappa shape index (κ3) is 4.48. The Hall–Kier alpha value is -5.86. The first-order valence-electron chi connectivity index (χ1n) is 17.2. The van der Waals surface area contributed by atoms with E-state index in [1.807, 2.05) is 0 Å². The standard InChI is InChI=1S/C47H38N2/c1-31-16-8-9-19-36(31)41-28-35(30-46(32(41)2)49-44-24-14-11-21-39(44)40-22-12-15-25-45(40)49)48(33-17-6-5-7-18-33)34-26-27-38-37-20-10-13-23-42(37)47(3,4)43(38)29-34/h5-30H,1-4H3. The third-order valence-corrected chi connectivity index (χ3v) is 10.7. The van der Waals surface area contributed by atoms with Crippen LogP contribution in [0.15, 0.2) is 158 Å². The minimum atomic E-state index is -0.0992. The van der Waals surface area contributed by atoms with E-state index < -0.39 is 0 Å². The van der Waals surface area contributed by atoms with Crippen molar-refractivity contribution in [3.8, 4) is 27.9 Å². The lowest BCUT2D eigenvalue weighted by molar-refractivity contribution is 0.660. The molecule has 8 aromatic rings. The second-order valence-electron chi connectivity index (χ2n) is 13.9. The molecular weight excluding hydrogens is 593 g/mol.